The molecule has 0 saturated carbocycles. The van der Waals surface area contributed by atoms with E-state index < -0.39 is 0 Å². The first-order valence-electron chi connectivity index (χ1n) is 10.8. The van der Waals surface area contributed by atoms with E-state index >= 15 is 0 Å². The highest BCUT2D eigenvalue weighted by Crippen LogP contribution is 2.20. The van der Waals surface area contributed by atoms with Crippen molar-refractivity contribution in [2.24, 2.45) is 4.99 Å². The fraction of sp³-hybridized carbons (Fsp3) is 0.591. The van der Waals surface area contributed by atoms with Crippen molar-refractivity contribution in [3.63, 3.8) is 0 Å². The van der Waals surface area contributed by atoms with Crippen molar-refractivity contribution >= 4 is 29.9 Å². The van der Waals surface area contributed by atoms with Gasteiger partial charge in [0.05, 0.1) is 12.6 Å². The Kier molecular flexibility index (Phi) is 10.6. The molecule has 1 aliphatic rings. The number of hydrogen-bond acceptors (Lipinski definition) is 5. The second-order valence-corrected chi connectivity index (χ2v) is 7.28. The second kappa shape index (κ2) is 12.9. The molecule has 1 aromatic heterocycles. The lowest BCUT2D eigenvalue weighted by Gasteiger charge is -2.34. The molecule has 8 heteroatoms. The number of likely N-dealkylation sites (tertiary alicyclic amines) is 1. The van der Waals surface area contributed by atoms with Crippen LogP contribution in [0.5, 0.6) is 0 Å². The molecule has 166 valence electrons. The van der Waals surface area contributed by atoms with Gasteiger partial charge in [-0.2, -0.15) is 4.98 Å². The van der Waals surface area contributed by atoms with Crippen LogP contribution in [0.1, 0.15) is 51.4 Å². The van der Waals surface area contributed by atoms with Crippen LogP contribution in [0.15, 0.2) is 33.8 Å². The molecule has 2 aromatic rings. The van der Waals surface area contributed by atoms with Gasteiger partial charge in [0.15, 0.2) is 11.8 Å². The minimum absolute atomic E-state index is 0. The van der Waals surface area contributed by atoms with E-state index in [9.17, 15) is 0 Å². The molecule has 1 aliphatic heterocycles. The third kappa shape index (κ3) is 6.94. The zero-order chi connectivity index (χ0) is 20.5. The molecule has 3 rings (SSSR count). The normalized spacial score (nSPS) is 15.2. The minimum atomic E-state index is 0. The average Bonchev–Trinajstić information content (AvgIpc) is 3.21. The standard InChI is InChI=1S/C22H33N5O2.HI/c1-4-8-20-25-21(29-26-20)18-10-7-9-17(15-18)16-24-22(23-5-2)27-13-11-19(12-14-27)28-6-3;/h7,9-10,15,19H,4-6,8,11-14,16H2,1-3H3,(H,23,24);1H. The van der Waals surface area contributed by atoms with Crippen LogP contribution in [0, 0.1) is 0 Å². The molecule has 1 aromatic carbocycles. The minimum Gasteiger partial charge on any atom is -0.378 e. The van der Waals surface area contributed by atoms with E-state index in [1.54, 1.807) is 0 Å². The number of aryl methyl sites for hydroxylation is 1. The number of nitrogens with zero attached hydrogens (tertiary/aromatic N) is 4. The highest BCUT2D eigenvalue weighted by Gasteiger charge is 2.21. The van der Waals surface area contributed by atoms with Gasteiger partial charge in [0, 0.05) is 38.2 Å². The summed E-state index contributed by atoms with van der Waals surface area (Å²) < 4.78 is 11.2. The van der Waals surface area contributed by atoms with Crippen molar-refractivity contribution in [3.8, 4) is 11.5 Å². The molecule has 0 radical (unpaired) electrons. The smallest absolute Gasteiger partial charge is 0.257 e. The molecule has 30 heavy (non-hydrogen) atoms. The number of piperidine rings is 1. The molecule has 1 N–H and O–H groups in total. The van der Waals surface area contributed by atoms with E-state index in [0.29, 0.717) is 18.5 Å². The van der Waals surface area contributed by atoms with Gasteiger partial charge in [-0.1, -0.05) is 24.2 Å². The molecule has 0 spiro atoms. The maximum Gasteiger partial charge on any atom is 0.257 e. The third-order valence-electron chi connectivity index (χ3n) is 5.01. The molecule has 0 atom stereocenters. The Morgan fingerprint density at radius 3 is 2.77 bits per heavy atom. The van der Waals surface area contributed by atoms with Gasteiger partial charge in [0.25, 0.3) is 5.89 Å². The lowest BCUT2D eigenvalue weighted by Crippen LogP contribution is -2.47. The van der Waals surface area contributed by atoms with Crippen molar-refractivity contribution in [1.82, 2.24) is 20.4 Å². The summed E-state index contributed by atoms with van der Waals surface area (Å²) in [5.41, 5.74) is 2.06. The number of aliphatic imine (C=N–C) groups is 1. The lowest BCUT2D eigenvalue weighted by atomic mass is 10.1. The first-order valence-corrected chi connectivity index (χ1v) is 10.8. The second-order valence-electron chi connectivity index (χ2n) is 7.28. The molecule has 1 fully saturated rings. The highest BCUT2D eigenvalue weighted by atomic mass is 127. The number of rotatable bonds is 8. The Balaban J connectivity index is 0.00000320. The molecule has 1 saturated heterocycles. The van der Waals surface area contributed by atoms with E-state index in [0.717, 1.165) is 74.8 Å². The topological polar surface area (TPSA) is 75.8 Å². The number of guanidine groups is 1. The largest absolute Gasteiger partial charge is 0.378 e. The van der Waals surface area contributed by atoms with Crippen LogP contribution in [0.25, 0.3) is 11.5 Å². The van der Waals surface area contributed by atoms with E-state index in [1.807, 2.05) is 12.1 Å². The van der Waals surface area contributed by atoms with Gasteiger partial charge in [-0.15, -0.1) is 24.0 Å². The van der Waals surface area contributed by atoms with Crippen molar-refractivity contribution in [1.29, 1.82) is 0 Å². The summed E-state index contributed by atoms with van der Waals surface area (Å²) >= 11 is 0. The number of benzene rings is 1. The van der Waals surface area contributed by atoms with Gasteiger partial charge in [-0.3, -0.25) is 0 Å². The van der Waals surface area contributed by atoms with Crippen LogP contribution in [0.4, 0.5) is 0 Å². The van der Waals surface area contributed by atoms with E-state index in [4.69, 9.17) is 14.3 Å². The van der Waals surface area contributed by atoms with Gasteiger partial charge in [0.1, 0.15) is 0 Å². The number of aromatic nitrogens is 2. The Bertz CT molecular complexity index is 787. The Morgan fingerprint density at radius 2 is 2.07 bits per heavy atom. The Morgan fingerprint density at radius 1 is 1.27 bits per heavy atom. The molecule has 7 nitrogen and oxygen atoms in total. The van der Waals surface area contributed by atoms with Gasteiger partial charge >= 0.3 is 0 Å². The molecule has 2 heterocycles. The van der Waals surface area contributed by atoms with Crippen molar-refractivity contribution in [3.05, 3.63) is 35.7 Å². The lowest BCUT2D eigenvalue weighted by molar-refractivity contribution is 0.0263. The maximum absolute atomic E-state index is 5.77. The average molecular weight is 527 g/mol. The summed E-state index contributed by atoms with van der Waals surface area (Å²) in [5.74, 6) is 2.30. The summed E-state index contributed by atoms with van der Waals surface area (Å²) in [5, 5.41) is 7.48. The summed E-state index contributed by atoms with van der Waals surface area (Å²) in [6, 6.07) is 8.18. The fourth-order valence-corrected chi connectivity index (χ4v) is 3.56. The monoisotopic (exact) mass is 527 g/mol. The van der Waals surface area contributed by atoms with Crippen molar-refractivity contribution in [2.45, 2.75) is 59.1 Å². The van der Waals surface area contributed by atoms with E-state index in [1.165, 1.54) is 0 Å². The van der Waals surface area contributed by atoms with Crippen LogP contribution >= 0.6 is 24.0 Å². The van der Waals surface area contributed by atoms with E-state index in [-0.39, 0.29) is 24.0 Å². The predicted molar refractivity (Wildman–Crippen MR) is 130 cm³/mol. The summed E-state index contributed by atoms with van der Waals surface area (Å²) in [7, 11) is 0. The van der Waals surface area contributed by atoms with Crippen LogP contribution in [-0.2, 0) is 17.7 Å². The van der Waals surface area contributed by atoms with Gasteiger partial charge in [-0.05, 0) is 50.8 Å². The van der Waals surface area contributed by atoms with Gasteiger partial charge in [0.2, 0.25) is 0 Å². The molecular weight excluding hydrogens is 493 g/mol. The zero-order valence-electron chi connectivity index (χ0n) is 18.3. The number of hydrogen-bond donors (Lipinski definition) is 1. The summed E-state index contributed by atoms with van der Waals surface area (Å²) in [4.78, 5) is 11.7. The SMILES string of the molecule is CCCc1noc(-c2cccc(CN=C(NCC)N3CCC(OCC)CC3)c2)n1.I. The maximum atomic E-state index is 5.77. The molecule has 0 unspecified atom stereocenters. The Hall–Kier alpha value is -1.68. The first kappa shape index (κ1) is 24.6. The van der Waals surface area contributed by atoms with Crippen LogP contribution in [0.3, 0.4) is 0 Å². The predicted octanol–water partition coefficient (Wildman–Crippen LogP) is 4.27. The molecular formula is C22H34IN5O2. The van der Waals surface area contributed by atoms with Crippen molar-refractivity contribution < 1.29 is 9.26 Å². The van der Waals surface area contributed by atoms with Gasteiger partial charge in [-0.25, -0.2) is 4.99 Å². The number of halogens is 1. The van der Waals surface area contributed by atoms with Crippen LogP contribution in [-0.4, -0.2) is 53.3 Å². The first-order chi connectivity index (χ1) is 14.2. The number of nitrogens with one attached hydrogen (secondary N) is 1. The molecule has 0 aliphatic carbocycles. The quantitative estimate of drug-likeness (QED) is 0.314. The third-order valence-corrected chi connectivity index (χ3v) is 5.01. The summed E-state index contributed by atoms with van der Waals surface area (Å²) in [6.07, 6.45) is 4.31. The van der Waals surface area contributed by atoms with Gasteiger partial charge < -0.3 is 19.5 Å². The zero-order valence-corrected chi connectivity index (χ0v) is 20.6. The molecule has 0 amide bonds. The highest BCUT2D eigenvalue weighted by molar-refractivity contribution is 14.0. The van der Waals surface area contributed by atoms with E-state index in [2.05, 4.69) is 53.3 Å². The molecule has 0 bridgehead atoms. The summed E-state index contributed by atoms with van der Waals surface area (Å²) in [6.45, 7) is 10.5. The fourth-order valence-electron chi connectivity index (χ4n) is 3.56. The van der Waals surface area contributed by atoms with Crippen LogP contribution in [0.2, 0.25) is 0 Å². The van der Waals surface area contributed by atoms with Crippen LogP contribution < -0.4 is 5.32 Å². The number of ether oxygens (including phenoxy) is 1. The Labute approximate surface area is 196 Å². The van der Waals surface area contributed by atoms with Crippen molar-refractivity contribution in [2.75, 3.05) is 26.2 Å².